The third-order valence-corrected chi connectivity index (χ3v) is 4.02. The lowest BCUT2D eigenvalue weighted by molar-refractivity contribution is 0.768. The van der Waals surface area contributed by atoms with Gasteiger partial charge in [-0.25, -0.2) is 15.0 Å². The topological polar surface area (TPSA) is 98.7 Å². The standard InChI is InChI=1S/C19H16N6O/c20-18-17-14(10-16(24-18)23-15-6-8-21-12-22-15)7-9-25(19(17)26)11-13-4-2-1-3-5-13/h1-10,12H,11H2,(H3,20,21,22,23,24). The lowest BCUT2D eigenvalue weighted by Gasteiger charge is -2.11. The Bertz CT molecular complexity index is 1110. The van der Waals surface area contributed by atoms with Gasteiger partial charge in [0, 0.05) is 12.4 Å². The van der Waals surface area contributed by atoms with Crippen LogP contribution in [0.15, 0.2) is 72.0 Å². The fourth-order valence-corrected chi connectivity index (χ4v) is 2.80. The zero-order valence-corrected chi connectivity index (χ0v) is 13.8. The van der Waals surface area contributed by atoms with Crippen LogP contribution in [0.25, 0.3) is 10.8 Å². The number of fused-ring (bicyclic) bond motifs is 1. The van der Waals surface area contributed by atoms with Gasteiger partial charge in [0.2, 0.25) is 0 Å². The van der Waals surface area contributed by atoms with Crippen molar-refractivity contribution in [2.45, 2.75) is 6.54 Å². The largest absolute Gasteiger partial charge is 0.383 e. The molecule has 0 bridgehead atoms. The lowest BCUT2D eigenvalue weighted by atomic mass is 10.2. The van der Waals surface area contributed by atoms with Gasteiger partial charge >= 0.3 is 0 Å². The van der Waals surface area contributed by atoms with Gasteiger partial charge in [-0.15, -0.1) is 0 Å². The second-order valence-corrected chi connectivity index (χ2v) is 5.81. The zero-order chi connectivity index (χ0) is 17.9. The maximum Gasteiger partial charge on any atom is 0.262 e. The fraction of sp³-hybridized carbons (Fsp3) is 0.0526. The van der Waals surface area contributed by atoms with Crippen LogP contribution in [0.4, 0.5) is 17.5 Å². The number of nitrogens with two attached hydrogens (primary N) is 1. The molecule has 1 aromatic carbocycles. The molecule has 0 amide bonds. The number of nitrogens with one attached hydrogen (secondary N) is 1. The molecule has 0 radical (unpaired) electrons. The Balaban J connectivity index is 1.72. The van der Waals surface area contributed by atoms with E-state index >= 15 is 0 Å². The summed E-state index contributed by atoms with van der Waals surface area (Å²) in [5, 5.41) is 4.20. The molecule has 3 aromatic heterocycles. The lowest BCUT2D eigenvalue weighted by Crippen LogP contribution is -2.21. The number of rotatable bonds is 4. The predicted molar refractivity (Wildman–Crippen MR) is 101 cm³/mol. The van der Waals surface area contributed by atoms with Crippen LogP contribution < -0.4 is 16.6 Å². The molecule has 0 aliphatic carbocycles. The molecule has 3 N–H and O–H groups in total. The van der Waals surface area contributed by atoms with E-state index in [9.17, 15) is 4.79 Å². The van der Waals surface area contributed by atoms with Gasteiger partial charge in [0.15, 0.2) is 0 Å². The molecule has 7 heteroatoms. The smallest absolute Gasteiger partial charge is 0.262 e. The molecule has 26 heavy (non-hydrogen) atoms. The number of anilines is 3. The first-order valence-electron chi connectivity index (χ1n) is 8.07. The van der Waals surface area contributed by atoms with Gasteiger partial charge in [0.1, 0.15) is 23.8 Å². The van der Waals surface area contributed by atoms with Crippen LogP contribution >= 0.6 is 0 Å². The van der Waals surface area contributed by atoms with Crippen molar-refractivity contribution in [3.63, 3.8) is 0 Å². The molecular formula is C19H16N6O. The maximum absolute atomic E-state index is 12.8. The molecule has 0 saturated heterocycles. The van der Waals surface area contributed by atoms with Crippen molar-refractivity contribution < 1.29 is 0 Å². The quantitative estimate of drug-likeness (QED) is 0.590. The van der Waals surface area contributed by atoms with Crippen LogP contribution in [0.2, 0.25) is 0 Å². The first-order chi connectivity index (χ1) is 12.7. The average Bonchev–Trinajstić information content (AvgIpc) is 2.65. The molecule has 128 valence electrons. The van der Waals surface area contributed by atoms with Crippen molar-refractivity contribution in [2.24, 2.45) is 0 Å². The van der Waals surface area contributed by atoms with E-state index in [2.05, 4.69) is 20.3 Å². The zero-order valence-electron chi connectivity index (χ0n) is 13.8. The molecule has 0 unspecified atom stereocenters. The summed E-state index contributed by atoms with van der Waals surface area (Å²) in [4.78, 5) is 25.1. The number of hydrogen-bond acceptors (Lipinski definition) is 6. The highest BCUT2D eigenvalue weighted by atomic mass is 16.1. The van der Waals surface area contributed by atoms with Crippen LogP contribution in [0.3, 0.4) is 0 Å². The van der Waals surface area contributed by atoms with Crippen LogP contribution in [0.1, 0.15) is 5.56 Å². The Labute approximate surface area is 149 Å². The van der Waals surface area contributed by atoms with Crippen molar-refractivity contribution in [1.29, 1.82) is 0 Å². The van der Waals surface area contributed by atoms with E-state index in [1.54, 1.807) is 29.1 Å². The molecular weight excluding hydrogens is 328 g/mol. The molecule has 0 spiro atoms. The molecule has 3 heterocycles. The monoisotopic (exact) mass is 344 g/mol. The fourth-order valence-electron chi connectivity index (χ4n) is 2.80. The third-order valence-electron chi connectivity index (χ3n) is 4.02. The Morgan fingerprint density at radius 3 is 2.69 bits per heavy atom. The van der Waals surface area contributed by atoms with E-state index in [1.807, 2.05) is 36.4 Å². The average molecular weight is 344 g/mol. The van der Waals surface area contributed by atoms with E-state index in [0.29, 0.717) is 23.6 Å². The molecule has 0 atom stereocenters. The van der Waals surface area contributed by atoms with Gasteiger partial charge in [0.25, 0.3) is 5.56 Å². The van der Waals surface area contributed by atoms with Gasteiger partial charge < -0.3 is 15.6 Å². The van der Waals surface area contributed by atoms with E-state index in [1.165, 1.54) is 6.33 Å². The Hall–Kier alpha value is -3.74. The molecule has 4 rings (SSSR count). The Morgan fingerprint density at radius 2 is 1.92 bits per heavy atom. The molecule has 0 fully saturated rings. The van der Waals surface area contributed by atoms with Crippen LogP contribution in [0, 0.1) is 0 Å². The Kier molecular flexibility index (Phi) is 4.03. The van der Waals surface area contributed by atoms with Gasteiger partial charge in [-0.05, 0) is 29.1 Å². The maximum atomic E-state index is 12.8. The summed E-state index contributed by atoms with van der Waals surface area (Å²) in [5.41, 5.74) is 6.96. The van der Waals surface area contributed by atoms with Crippen LogP contribution in [0.5, 0.6) is 0 Å². The van der Waals surface area contributed by atoms with E-state index in [4.69, 9.17) is 5.73 Å². The number of aromatic nitrogens is 4. The van der Waals surface area contributed by atoms with Gasteiger partial charge in [-0.3, -0.25) is 4.79 Å². The van der Waals surface area contributed by atoms with Gasteiger partial charge in [-0.2, -0.15) is 0 Å². The summed E-state index contributed by atoms with van der Waals surface area (Å²) in [5.74, 6) is 1.31. The number of benzene rings is 1. The highest BCUT2D eigenvalue weighted by molar-refractivity contribution is 5.92. The minimum absolute atomic E-state index is 0.162. The van der Waals surface area contributed by atoms with E-state index in [0.717, 1.165) is 10.9 Å². The van der Waals surface area contributed by atoms with Gasteiger partial charge in [0.05, 0.1) is 11.9 Å². The first kappa shape index (κ1) is 15.8. The highest BCUT2D eigenvalue weighted by Gasteiger charge is 2.10. The van der Waals surface area contributed by atoms with Crippen molar-refractivity contribution in [3.8, 4) is 0 Å². The first-order valence-corrected chi connectivity index (χ1v) is 8.07. The van der Waals surface area contributed by atoms with Crippen LogP contribution in [-0.2, 0) is 6.54 Å². The molecule has 0 aliphatic rings. The van der Waals surface area contributed by atoms with Crippen LogP contribution in [-0.4, -0.2) is 19.5 Å². The highest BCUT2D eigenvalue weighted by Crippen LogP contribution is 2.21. The molecule has 7 nitrogen and oxygen atoms in total. The minimum atomic E-state index is -0.162. The summed E-state index contributed by atoms with van der Waals surface area (Å²) in [7, 11) is 0. The Morgan fingerprint density at radius 1 is 1.08 bits per heavy atom. The van der Waals surface area contributed by atoms with E-state index < -0.39 is 0 Å². The summed E-state index contributed by atoms with van der Waals surface area (Å²) >= 11 is 0. The van der Waals surface area contributed by atoms with Gasteiger partial charge in [-0.1, -0.05) is 30.3 Å². The predicted octanol–water partition coefficient (Wildman–Crippen LogP) is 2.56. The molecule has 0 aliphatic heterocycles. The molecule has 0 saturated carbocycles. The number of nitrogens with zero attached hydrogens (tertiary/aromatic N) is 4. The second kappa shape index (κ2) is 6.64. The molecule has 4 aromatic rings. The van der Waals surface area contributed by atoms with Crippen molar-refractivity contribution >= 4 is 28.2 Å². The van der Waals surface area contributed by atoms with E-state index in [-0.39, 0.29) is 11.4 Å². The normalized spacial score (nSPS) is 10.8. The summed E-state index contributed by atoms with van der Waals surface area (Å²) in [6.07, 6.45) is 4.84. The summed E-state index contributed by atoms with van der Waals surface area (Å²) in [6.45, 7) is 0.482. The second-order valence-electron chi connectivity index (χ2n) is 5.81. The number of nitrogen functional groups attached to an aromatic ring is 1. The SMILES string of the molecule is Nc1nc(Nc2ccncn2)cc2ccn(Cc3ccccc3)c(=O)c12. The summed E-state index contributed by atoms with van der Waals surface area (Å²) in [6, 6.07) is 15.2. The number of hydrogen-bond donors (Lipinski definition) is 2. The number of pyridine rings is 2. The van der Waals surface area contributed by atoms with Crippen molar-refractivity contribution in [3.05, 3.63) is 83.2 Å². The third kappa shape index (κ3) is 3.10. The van der Waals surface area contributed by atoms with Crippen molar-refractivity contribution in [1.82, 2.24) is 19.5 Å². The summed E-state index contributed by atoms with van der Waals surface area (Å²) < 4.78 is 1.63. The minimum Gasteiger partial charge on any atom is -0.383 e. The van der Waals surface area contributed by atoms with Crippen molar-refractivity contribution in [2.75, 3.05) is 11.1 Å².